The first-order valence-corrected chi connectivity index (χ1v) is 17.5. The van der Waals surface area contributed by atoms with Gasteiger partial charge in [0.15, 0.2) is 11.6 Å². The van der Waals surface area contributed by atoms with Gasteiger partial charge in [0.1, 0.15) is 22.8 Å². The lowest BCUT2D eigenvalue weighted by molar-refractivity contribution is 0.0776. The second-order valence-electron chi connectivity index (χ2n) is 12.9. The second kappa shape index (κ2) is 11.9. The number of carbonyl (C=O) groups is 1. The van der Waals surface area contributed by atoms with Gasteiger partial charge in [0.2, 0.25) is 11.8 Å². The van der Waals surface area contributed by atoms with E-state index in [9.17, 15) is 13.6 Å². The molecule has 0 radical (unpaired) electrons. The lowest BCUT2D eigenvalue weighted by Gasteiger charge is -2.16. The normalized spacial score (nSPS) is 17.8. The average molecular weight is 692 g/mol. The highest BCUT2D eigenvalue weighted by Crippen LogP contribution is 2.50. The molecule has 0 bridgehead atoms. The maximum Gasteiger partial charge on any atom is 0.257 e. The maximum absolute atomic E-state index is 14.5. The number of thiophene rings is 1. The zero-order chi connectivity index (χ0) is 34.1. The zero-order valence-electron chi connectivity index (χ0n) is 27.3. The van der Waals surface area contributed by atoms with Crippen LogP contribution in [-0.2, 0) is 19.3 Å². The largest absolute Gasteiger partial charge is 0.493 e. The highest BCUT2D eigenvalue weighted by Gasteiger charge is 2.45. The summed E-state index contributed by atoms with van der Waals surface area (Å²) in [6.45, 7) is 2.40. The van der Waals surface area contributed by atoms with Crippen LogP contribution in [0.25, 0.3) is 32.1 Å². The summed E-state index contributed by atoms with van der Waals surface area (Å²) in [5.74, 6) is 0.885. The molecule has 1 amide bonds. The quantitative estimate of drug-likeness (QED) is 0.172. The van der Waals surface area contributed by atoms with Gasteiger partial charge < -0.3 is 19.4 Å². The number of hydrogen-bond donors (Lipinski definition) is 1. The number of fused-ring (bicyclic) bond motifs is 5. The summed E-state index contributed by atoms with van der Waals surface area (Å²) in [5, 5.41) is 13.0. The van der Waals surface area contributed by atoms with Gasteiger partial charge in [-0.1, -0.05) is 18.2 Å². The lowest BCUT2D eigenvalue weighted by atomic mass is 9.93. The van der Waals surface area contributed by atoms with Crippen LogP contribution in [0.15, 0.2) is 53.2 Å². The molecule has 1 aliphatic carbocycles. The summed E-state index contributed by atoms with van der Waals surface area (Å²) in [5.41, 5.74) is 6.17. The number of ether oxygens (including phenoxy) is 1. The molecule has 0 saturated carbocycles. The van der Waals surface area contributed by atoms with Crippen molar-refractivity contribution in [2.75, 3.05) is 19.0 Å². The van der Waals surface area contributed by atoms with E-state index in [-0.39, 0.29) is 41.3 Å². The van der Waals surface area contributed by atoms with Crippen LogP contribution in [-0.4, -0.2) is 49.6 Å². The third-order valence-electron chi connectivity index (χ3n) is 10.0. The summed E-state index contributed by atoms with van der Waals surface area (Å²) in [6, 6.07) is 11.5. The van der Waals surface area contributed by atoms with Crippen LogP contribution in [0.2, 0.25) is 0 Å². The molecule has 2 atom stereocenters. The van der Waals surface area contributed by atoms with Gasteiger partial charge in [-0.25, -0.2) is 18.7 Å². The molecule has 1 fully saturated rings. The Labute approximate surface area is 289 Å². The van der Waals surface area contributed by atoms with Crippen LogP contribution in [0.4, 0.5) is 14.6 Å². The van der Waals surface area contributed by atoms with Crippen molar-refractivity contribution in [3.05, 3.63) is 100.0 Å². The van der Waals surface area contributed by atoms with Crippen LogP contribution < -0.4 is 10.1 Å². The zero-order valence-corrected chi connectivity index (χ0v) is 28.1. The number of aryl methyl sites for hydroxylation is 3. The first-order valence-electron chi connectivity index (χ1n) is 16.7. The van der Waals surface area contributed by atoms with Crippen molar-refractivity contribution >= 4 is 33.3 Å². The van der Waals surface area contributed by atoms with Gasteiger partial charge in [-0.2, -0.15) is 0 Å². The minimum Gasteiger partial charge on any atom is -0.493 e. The van der Waals surface area contributed by atoms with Gasteiger partial charge >= 0.3 is 0 Å². The molecule has 1 saturated heterocycles. The number of benzene rings is 2. The van der Waals surface area contributed by atoms with Crippen molar-refractivity contribution in [2.24, 2.45) is 0 Å². The Kier molecular flexibility index (Phi) is 7.34. The van der Waals surface area contributed by atoms with E-state index in [1.807, 2.05) is 11.0 Å². The smallest absolute Gasteiger partial charge is 0.257 e. The van der Waals surface area contributed by atoms with Crippen LogP contribution in [0.5, 0.6) is 5.75 Å². The molecule has 13 heteroatoms. The number of nitrogens with zero attached hydrogens (tertiary/aromatic N) is 6. The van der Waals surface area contributed by atoms with Gasteiger partial charge in [-0.15, -0.1) is 21.5 Å². The van der Waals surface area contributed by atoms with Crippen LogP contribution >= 0.6 is 11.3 Å². The number of anilines is 1. The second-order valence-corrected chi connectivity index (χ2v) is 13.9. The van der Waals surface area contributed by atoms with E-state index in [0.29, 0.717) is 54.2 Å². The number of aromatic nitrogens is 5. The molecule has 2 aliphatic heterocycles. The predicted molar refractivity (Wildman–Crippen MR) is 183 cm³/mol. The van der Waals surface area contributed by atoms with E-state index >= 15 is 0 Å². The maximum atomic E-state index is 14.5. The monoisotopic (exact) mass is 691 g/mol. The summed E-state index contributed by atoms with van der Waals surface area (Å²) >= 11 is 1.46. The van der Waals surface area contributed by atoms with Gasteiger partial charge in [0, 0.05) is 29.5 Å². The summed E-state index contributed by atoms with van der Waals surface area (Å²) in [4.78, 5) is 32.1. The summed E-state index contributed by atoms with van der Waals surface area (Å²) < 4.78 is 39.7. The predicted octanol–water partition coefficient (Wildman–Crippen LogP) is 7.57. The highest BCUT2D eigenvalue weighted by molar-refractivity contribution is 7.22. The van der Waals surface area contributed by atoms with Gasteiger partial charge in [-0.05, 0) is 73.9 Å². The molecule has 252 valence electrons. The molecule has 0 unspecified atom stereocenters. The molecule has 4 aromatic heterocycles. The molecule has 2 aromatic carbocycles. The molecule has 1 N–H and O–H groups in total. The van der Waals surface area contributed by atoms with Crippen molar-refractivity contribution < 1.29 is 22.7 Å². The Morgan fingerprint density at radius 3 is 2.70 bits per heavy atom. The molecular weight excluding hydrogens is 661 g/mol. The number of pyridine rings is 1. The van der Waals surface area contributed by atoms with Crippen molar-refractivity contribution in [1.82, 2.24) is 30.0 Å². The van der Waals surface area contributed by atoms with Crippen LogP contribution in [0, 0.1) is 18.6 Å². The third-order valence-corrected chi connectivity index (χ3v) is 11.1. The molecule has 10 nitrogen and oxygen atoms in total. The lowest BCUT2D eigenvalue weighted by Crippen LogP contribution is -2.22. The topological polar surface area (TPSA) is 119 Å². The number of hydrogen-bond acceptors (Lipinski definition) is 10. The molecule has 9 rings (SSSR count). The van der Waals surface area contributed by atoms with Gasteiger partial charge in [-0.3, -0.25) is 9.78 Å². The first-order chi connectivity index (χ1) is 24.4. The van der Waals surface area contributed by atoms with E-state index in [1.54, 1.807) is 25.1 Å². The standard InChI is InChI=1S/C37H31F2N7O3S/c1-18-44-45-35(49-18)29-26(13-7-19-5-8-20(38)9-6-19)42-32-27-4-3-15-46(27)37(47)31(32)30(29)28-16-23-34(40-17-41-36(23)50-28)43-25-14-11-22-21(25)10-12-24(39)33(22)48-2/h5-6,8-10,12,16-17,25,27H,3-4,7,11,13-15H2,1-2H3,(H,40,41,43)/t25-,27+/m1/s1. The van der Waals surface area contributed by atoms with E-state index in [0.717, 1.165) is 62.4 Å². The van der Waals surface area contributed by atoms with E-state index in [1.165, 1.54) is 43.0 Å². The molecule has 6 aromatic rings. The number of halogens is 2. The Balaban J connectivity index is 1.20. The Hall–Kier alpha value is -5.30. The van der Waals surface area contributed by atoms with Crippen molar-refractivity contribution in [1.29, 1.82) is 0 Å². The Morgan fingerprint density at radius 2 is 1.90 bits per heavy atom. The SMILES string of the molecule is COc1c(F)ccc2c1CC[C@H]2Nc1ncnc2sc(-c3c4c(nc(CCc5ccc(F)cc5)c3-c3nnc(C)o3)[C@@H]3CCCN3C4=O)cc12. The van der Waals surface area contributed by atoms with Crippen LogP contribution in [0.1, 0.15) is 75.7 Å². The Bertz CT molecular complexity index is 2320. The number of rotatable bonds is 8. The minimum atomic E-state index is -0.372. The van der Waals surface area contributed by atoms with Crippen LogP contribution in [0.3, 0.4) is 0 Å². The minimum absolute atomic E-state index is 0.0572. The third kappa shape index (κ3) is 4.93. The molecule has 50 heavy (non-hydrogen) atoms. The summed E-state index contributed by atoms with van der Waals surface area (Å²) in [7, 11) is 1.49. The highest BCUT2D eigenvalue weighted by atomic mass is 32.1. The number of amides is 1. The van der Waals surface area contributed by atoms with Crippen molar-refractivity contribution in [3.63, 3.8) is 0 Å². The first kappa shape index (κ1) is 30.7. The average Bonchev–Trinajstić information content (AvgIpc) is 3.96. The van der Waals surface area contributed by atoms with E-state index in [2.05, 4.69) is 25.5 Å². The van der Waals surface area contributed by atoms with Crippen molar-refractivity contribution in [3.8, 4) is 27.6 Å². The van der Waals surface area contributed by atoms with E-state index in [4.69, 9.17) is 14.1 Å². The number of nitrogens with one attached hydrogen (secondary N) is 1. The van der Waals surface area contributed by atoms with Gasteiger partial charge in [0.05, 0.1) is 47.1 Å². The Morgan fingerprint density at radius 1 is 1.04 bits per heavy atom. The number of methoxy groups -OCH3 is 1. The fourth-order valence-electron chi connectivity index (χ4n) is 7.79. The molecule has 6 heterocycles. The van der Waals surface area contributed by atoms with E-state index < -0.39 is 0 Å². The van der Waals surface area contributed by atoms with Gasteiger partial charge in [0.25, 0.3) is 5.91 Å². The fraction of sp³-hybridized carbons (Fsp3) is 0.297. The molecule has 3 aliphatic rings. The molecular formula is C37H31F2N7O3S. The molecule has 0 spiro atoms. The number of carbonyl (C=O) groups excluding carboxylic acids is 1. The fourth-order valence-corrected chi connectivity index (χ4v) is 8.85. The summed E-state index contributed by atoms with van der Waals surface area (Å²) in [6.07, 6.45) is 5.81. The van der Waals surface area contributed by atoms with Crippen molar-refractivity contribution in [2.45, 2.75) is 57.5 Å².